The van der Waals surface area contributed by atoms with Gasteiger partial charge in [-0.2, -0.15) is 5.10 Å². The largest absolute Gasteiger partial charge is 0.262 e. The van der Waals surface area contributed by atoms with Crippen LogP contribution in [0.4, 0.5) is 0 Å². The summed E-state index contributed by atoms with van der Waals surface area (Å²) in [7, 11) is 0. The van der Waals surface area contributed by atoms with Crippen molar-refractivity contribution in [1.29, 1.82) is 0 Å². The Hall–Kier alpha value is -1.42. The smallest absolute Gasteiger partial charge is 0.179 e. The van der Waals surface area contributed by atoms with Crippen LogP contribution in [0.25, 0.3) is 11.5 Å². The monoisotopic (exact) mass is 290 g/mol. The van der Waals surface area contributed by atoms with E-state index in [4.69, 9.17) is 16.6 Å². The van der Waals surface area contributed by atoms with Gasteiger partial charge in [-0.3, -0.25) is 4.68 Å². The first kappa shape index (κ1) is 13.6. The first-order chi connectivity index (χ1) is 9.78. The normalized spacial score (nSPS) is 15.9. The molecule has 0 N–H and O–H groups in total. The molecule has 1 aliphatic carbocycles. The van der Waals surface area contributed by atoms with Gasteiger partial charge < -0.3 is 0 Å². The van der Waals surface area contributed by atoms with Crippen LogP contribution in [0.2, 0.25) is 5.15 Å². The van der Waals surface area contributed by atoms with Crippen molar-refractivity contribution < 1.29 is 0 Å². The van der Waals surface area contributed by atoms with Gasteiger partial charge in [0.2, 0.25) is 0 Å². The second kappa shape index (κ2) is 5.92. The zero-order valence-electron chi connectivity index (χ0n) is 11.7. The third-order valence-electron chi connectivity index (χ3n) is 3.87. The van der Waals surface area contributed by atoms with E-state index in [2.05, 4.69) is 17.0 Å². The van der Waals surface area contributed by atoms with Crippen LogP contribution >= 0.6 is 11.6 Å². The maximum Gasteiger partial charge on any atom is 0.179 e. The number of nitrogens with zero attached hydrogens (tertiary/aromatic N) is 4. The van der Waals surface area contributed by atoms with Crippen molar-refractivity contribution in [2.45, 2.75) is 51.5 Å². The Labute approximate surface area is 124 Å². The van der Waals surface area contributed by atoms with Crippen LogP contribution in [0.1, 0.15) is 50.6 Å². The summed E-state index contributed by atoms with van der Waals surface area (Å²) < 4.78 is 1.95. The number of hydrogen-bond acceptors (Lipinski definition) is 3. The van der Waals surface area contributed by atoms with Gasteiger partial charge in [-0.1, -0.05) is 31.4 Å². The fourth-order valence-electron chi connectivity index (χ4n) is 2.89. The summed E-state index contributed by atoms with van der Waals surface area (Å²) >= 11 is 6.19. The second-order valence-electron chi connectivity index (χ2n) is 5.36. The van der Waals surface area contributed by atoms with E-state index in [1.54, 1.807) is 6.20 Å². The molecule has 4 nitrogen and oxygen atoms in total. The van der Waals surface area contributed by atoms with E-state index < -0.39 is 0 Å². The molecular weight excluding hydrogens is 272 g/mol. The highest BCUT2D eigenvalue weighted by Gasteiger charge is 2.20. The van der Waals surface area contributed by atoms with Crippen LogP contribution in [0, 0.1) is 0 Å². The van der Waals surface area contributed by atoms with Crippen LogP contribution in [-0.4, -0.2) is 19.7 Å². The Kier molecular flexibility index (Phi) is 4.01. The highest BCUT2D eigenvalue weighted by Crippen LogP contribution is 2.34. The van der Waals surface area contributed by atoms with Crippen LogP contribution in [0.3, 0.4) is 0 Å². The summed E-state index contributed by atoms with van der Waals surface area (Å²) in [5.74, 6) is 1.24. The lowest BCUT2D eigenvalue weighted by molar-refractivity contribution is 0.605. The van der Waals surface area contributed by atoms with Crippen molar-refractivity contribution >= 4 is 11.6 Å². The lowest BCUT2D eigenvalue weighted by atomic mass is 10.0. The highest BCUT2D eigenvalue weighted by atomic mass is 35.5. The molecule has 20 heavy (non-hydrogen) atoms. The minimum Gasteiger partial charge on any atom is -0.262 e. The average molecular weight is 291 g/mol. The van der Waals surface area contributed by atoms with Crippen molar-refractivity contribution in [3.63, 3.8) is 0 Å². The third-order valence-corrected chi connectivity index (χ3v) is 4.06. The number of halogens is 1. The van der Waals surface area contributed by atoms with Crippen molar-refractivity contribution in [3.05, 3.63) is 29.2 Å². The Bertz CT molecular complexity index is 587. The maximum atomic E-state index is 6.19. The first-order valence-electron chi connectivity index (χ1n) is 7.34. The lowest BCUT2D eigenvalue weighted by Crippen LogP contribution is -2.06. The second-order valence-corrected chi connectivity index (χ2v) is 5.75. The number of rotatable bonds is 4. The Morgan fingerprint density at radius 1 is 1.30 bits per heavy atom. The molecule has 0 bridgehead atoms. The topological polar surface area (TPSA) is 43.6 Å². The molecule has 2 heterocycles. The van der Waals surface area contributed by atoms with Gasteiger partial charge in [-0.15, -0.1) is 0 Å². The van der Waals surface area contributed by atoms with Crippen molar-refractivity contribution in [1.82, 2.24) is 19.7 Å². The van der Waals surface area contributed by atoms with E-state index in [9.17, 15) is 0 Å². The van der Waals surface area contributed by atoms with Gasteiger partial charge in [0.15, 0.2) is 5.82 Å². The summed E-state index contributed by atoms with van der Waals surface area (Å²) in [6, 6.07) is 3.88. The SMILES string of the molecule is CCCn1nccc1-c1nc(Cl)cc(C2CCCC2)n1. The fraction of sp³-hybridized carbons (Fsp3) is 0.533. The Balaban J connectivity index is 1.98. The number of hydrogen-bond donors (Lipinski definition) is 0. The average Bonchev–Trinajstić information content (AvgIpc) is 3.09. The van der Waals surface area contributed by atoms with Crippen molar-refractivity contribution in [3.8, 4) is 11.5 Å². The van der Waals surface area contributed by atoms with E-state index in [1.807, 2.05) is 16.8 Å². The van der Waals surface area contributed by atoms with Gasteiger partial charge >= 0.3 is 0 Å². The Morgan fingerprint density at radius 3 is 2.85 bits per heavy atom. The molecule has 5 heteroatoms. The van der Waals surface area contributed by atoms with Gasteiger partial charge in [0.1, 0.15) is 10.8 Å². The standard InChI is InChI=1S/C15H19ClN4/c1-2-9-20-13(7-8-17-20)15-18-12(10-14(16)19-15)11-5-3-4-6-11/h7-8,10-11H,2-6,9H2,1H3. The van der Waals surface area contributed by atoms with Gasteiger partial charge in [0.05, 0.1) is 0 Å². The molecule has 3 rings (SSSR count). The molecule has 2 aromatic heterocycles. The molecule has 0 atom stereocenters. The Morgan fingerprint density at radius 2 is 2.10 bits per heavy atom. The van der Waals surface area contributed by atoms with Gasteiger partial charge in [-0.25, -0.2) is 9.97 Å². The van der Waals surface area contributed by atoms with Crippen molar-refractivity contribution in [2.24, 2.45) is 0 Å². The van der Waals surface area contributed by atoms with Crippen LogP contribution in [0.15, 0.2) is 18.3 Å². The minimum atomic E-state index is 0.529. The zero-order chi connectivity index (χ0) is 13.9. The predicted molar refractivity (Wildman–Crippen MR) is 79.8 cm³/mol. The van der Waals surface area contributed by atoms with Crippen LogP contribution in [0.5, 0.6) is 0 Å². The maximum absolute atomic E-state index is 6.19. The van der Waals surface area contributed by atoms with Crippen molar-refractivity contribution in [2.75, 3.05) is 0 Å². The summed E-state index contributed by atoms with van der Waals surface area (Å²) in [5.41, 5.74) is 2.04. The van der Waals surface area contributed by atoms with E-state index in [-0.39, 0.29) is 0 Å². The summed E-state index contributed by atoms with van der Waals surface area (Å²) in [4.78, 5) is 9.13. The summed E-state index contributed by atoms with van der Waals surface area (Å²) in [5, 5.41) is 4.86. The molecule has 0 aliphatic heterocycles. The van der Waals surface area contributed by atoms with E-state index in [0.29, 0.717) is 16.9 Å². The zero-order valence-corrected chi connectivity index (χ0v) is 12.5. The molecule has 0 unspecified atom stereocenters. The molecular formula is C15H19ClN4. The van der Waals surface area contributed by atoms with E-state index >= 15 is 0 Å². The van der Waals surface area contributed by atoms with E-state index in [0.717, 1.165) is 24.4 Å². The molecule has 0 saturated heterocycles. The lowest BCUT2D eigenvalue weighted by Gasteiger charge is -2.11. The molecule has 0 aromatic carbocycles. The van der Waals surface area contributed by atoms with Gasteiger partial charge in [0, 0.05) is 24.4 Å². The summed E-state index contributed by atoms with van der Waals surface area (Å²) in [6.07, 6.45) is 7.82. The van der Waals surface area contributed by atoms with Crippen LogP contribution < -0.4 is 0 Å². The molecule has 1 fully saturated rings. The molecule has 106 valence electrons. The highest BCUT2D eigenvalue weighted by molar-refractivity contribution is 6.29. The molecule has 1 aliphatic rings. The minimum absolute atomic E-state index is 0.529. The number of aryl methyl sites for hydroxylation is 1. The third kappa shape index (κ3) is 2.70. The van der Waals surface area contributed by atoms with Crippen LogP contribution in [-0.2, 0) is 6.54 Å². The van der Waals surface area contributed by atoms with Gasteiger partial charge in [-0.05, 0) is 31.4 Å². The molecule has 0 radical (unpaired) electrons. The molecule has 0 amide bonds. The molecule has 0 spiro atoms. The summed E-state index contributed by atoms with van der Waals surface area (Å²) in [6.45, 7) is 3.01. The number of aromatic nitrogens is 4. The first-order valence-corrected chi connectivity index (χ1v) is 7.72. The fourth-order valence-corrected chi connectivity index (χ4v) is 3.08. The molecule has 2 aromatic rings. The van der Waals surface area contributed by atoms with Gasteiger partial charge in [0.25, 0.3) is 0 Å². The quantitative estimate of drug-likeness (QED) is 0.798. The van der Waals surface area contributed by atoms with E-state index in [1.165, 1.54) is 25.7 Å². The molecule has 1 saturated carbocycles. The predicted octanol–water partition coefficient (Wildman–Crippen LogP) is 4.06.